The first-order valence-corrected chi connectivity index (χ1v) is 6.19. The van der Waals surface area contributed by atoms with E-state index in [1.807, 2.05) is 31.2 Å². The Morgan fingerprint density at radius 3 is 2.61 bits per heavy atom. The predicted octanol–water partition coefficient (Wildman–Crippen LogP) is 1.31. The van der Waals surface area contributed by atoms with Crippen molar-refractivity contribution in [3.63, 3.8) is 0 Å². The van der Waals surface area contributed by atoms with Gasteiger partial charge in [-0.2, -0.15) is 0 Å². The van der Waals surface area contributed by atoms with E-state index in [0.717, 1.165) is 11.1 Å². The van der Waals surface area contributed by atoms with Gasteiger partial charge >= 0.3 is 0 Å². The third-order valence-corrected chi connectivity index (χ3v) is 2.90. The molecule has 0 atom stereocenters. The number of carbonyl (C=O) groups excluding carboxylic acids is 2. The fourth-order valence-electron chi connectivity index (χ4n) is 1.49. The number of benzene rings is 1. The predicted molar refractivity (Wildman–Crippen MR) is 71.4 cm³/mol. The van der Waals surface area contributed by atoms with Gasteiger partial charge in [0.2, 0.25) is 11.8 Å². The van der Waals surface area contributed by atoms with Gasteiger partial charge in [0.05, 0.1) is 6.54 Å². The molecule has 0 radical (unpaired) electrons. The van der Waals surface area contributed by atoms with Gasteiger partial charge in [0.25, 0.3) is 0 Å². The van der Waals surface area contributed by atoms with Crippen molar-refractivity contribution in [2.45, 2.75) is 13.5 Å². The van der Waals surface area contributed by atoms with Crippen LogP contribution in [-0.4, -0.2) is 36.2 Å². The fourth-order valence-corrected chi connectivity index (χ4v) is 1.58. The Bertz CT molecular complexity index is 435. The average Bonchev–Trinajstić information content (AvgIpc) is 2.38. The zero-order valence-electron chi connectivity index (χ0n) is 10.6. The molecule has 1 rings (SSSR count). The minimum atomic E-state index is -0.339. The van der Waals surface area contributed by atoms with Crippen LogP contribution in [0.4, 0.5) is 0 Å². The van der Waals surface area contributed by atoms with Gasteiger partial charge in [-0.25, -0.2) is 0 Å². The van der Waals surface area contributed by atoms with Gasteiger partial charge in [0.1, 0.15) is 5.88 Å². The van der Waals surface area contributed by atoms with Gasteiger partial charge in [0, 0.05) is 13.6 Å². The Kier molecular flexibility index (Phi) is 5.65. The minimum absolute atomic E-state index is 0.0199. The van der Waals surface area contributed by atoms with Crippen molar-refractivity contribution in [2.24, 2.45) is 0 Å². The molecule has 0 aliphatic carbocycles. The van der Waals surface area contributed by atoms with Crippen LogP contribution in [0.25, 0.3) is 0 Å². The molecule has 1 N–H and O–H groups in total. The topological polar surface area (TPSA) is 49.4 Å². The second-order valence-corrected chi connectivity index (χ2v) is 4.35. The van der Waals surface area contributed by atoms with Gasteiger partial charge in [-0.1, -0.05) is 24.3 Å². The third kappa shape index (κ3) is 4.37. The number of amides is 2. The number of hydrogen-bond acceptors (Lipinski definition) is 2. The first kappa shape index (κ1) is 14.5. The first-order chi connectivity index (χ1) is 8.54. The van der Waals surface area contributed by atoms with Crippen LogP contribution in [0.3, 0.4) is 0 Å². The molecule has 0 aliphatic heterocycles. The number of nitrogens with zero attached hydrogens (tertiary/aromatic N) is 1. The standard InChI is InChI=1S/C13H17ClN2O2/c1-10-5-3-4-6-11(10)9-16(2)13(18)8-15-12(17)7-14/h3-6H,7-9H2,1-2H3,(H,15,17). The zero-order chi connectivity index (χ0) is 13.5. The van der Waals surface area contributed by atoms with Crippen LogP contribution < -0.4 is 5.32 Å². The summed E-state index contributed by atoms with van der Waals surface area (Å²) in [6.07, 6.45) is 0. The molecule has 0 spiro atoms. The van der Waals surface area contributed by atoms with Crippen molar-refractivity contribution in [3.05, 3.63) is 35.4 Å². The van der Waals surface area contributed by atoms with E-state index in [2.05, 4.69) is 5.32 Å². The van der Waals surface area contributed by atoms with E-state index >= 15 is 0 Å². The van der Waals surface area contributed by atoms with E-state index in [1.54, 1.807) is 11.9 Å². The highest BCUT2D eigenvalue weighted by Crippen LogP contribution is 2.09. The second kappa shape index (κ2) is 7.01. The van der Waals surface area contributed by atoms with Crippen molar-refractivity contribution in [2.75, 3.05) is 19.5 Å². The van der Waals surface area contributed by atoms with Crippen LogP contribution in [0.2, 0.25) is 0 Å². The van der Waals surface area contributed by atoms with Crippen molar-refractivity contribution < 1.29 is 9.59 Å². The number of hydrogen-bond donors (Lipinski definition) is 1. The smallest absolute Gasteiger partial charge is 0.242 e. The quantitative estimate of drug-likeness (QED) is 0.819. The number of halogens is 1. The summed E-state index contributed by atoms with van der Waals surface area (Å²) in [5.74, 6) is -0.611. The van der Waals surface area contributed by atoms with E-state index in [9.17, 15) is 9.59 Å². The van der Waals surface area contributed by atoms with Crippen LogP contribution in [0.1, 0.15) is 11.1 Å². The molecule has 98 valence electrons. The summed E-state index contributed by atoms with van der Waals surface area (Å²) in [6.45, 7) is 2.51. The lowest BCUT2D eigenvalue weighted by molar-refractivity contribution is -0.131. The molecule has 0 aromatic heterocycles. The molecule has 4 nitrogen and oxygen atoms in total. The third-order valence-electron chi connectivity index (χ3n) is 2.65. The maximum atomic E-state index is 11.7. The number of likely N-dealkylation sites (N-methyl/N-ethyl adjacent to an activating group) is 1. The maximum absolute atomic E-state index is 11.7. The molecule has 18 heavy (non-hydrogen) atoms. The number of aryl methyl sites for hydroxylation is 1. The molecule has 0 saturated heterocycles. The minimum Gasteiger partial charge on any atom is -0.346 e. The largest absolute Gasteiger partial charge is 0.346 e. The van der Waals surface area contributed by atoms with E-state index in [4.69, 9.17) is 11.6 Å². The normalized spacial score (nSPS) is 9.94. The van der Waals surface area contributed by atoms with E-state index in [0.29, 0.717) is 6.54 Å². The molecule has 0 bridgehead atoms. The average molecular weight is 269 g/mol. The monoisotopic (exact) mass is 268 g/mol. The highest BCUT2D eigenvalue weighted by Gasteiger charge is 2.11. The van der Waals surface area contributed by atoms with Crippen LogP contribution in [0.15, 0.2) is 24.3 Å². The summed E-state index contributed by atoms with van der Waals surface area (Å²) < 4.78 is 0. The maximum Gasteiger partial charge on any atom is 0.242 e. The lowest BCUT2D eigenvalue weighted by atomic mass is 10.1. The summed E-state index contributed by atoms with van der Waals surface area (Å²) >= 11 is 5.33. The Hall–Kier alpha value is -1.55. The molecule has 0 saturated carbocycles. The molecule has 0 unspecified atom stereocenters. The summed E-state index contributed by atoms with van der Waals surface area (Å²) in [5, 5.41) is 2.45. The molecular formula is C13H17ClN2O2. The van der Waals surface area contributed by atoms with Crippen molar-refractivity contribution in [3.8, 4) is 0 Å². The number of nitrogens with one attached hydrogen (secondary N) is 1. The highest BCUT2D eigenvalue weighted by molar-refractivity contribution is 6.27. The Morgan fingerprint density at radius 2 is 2.00 bits per heavy atom. The van der Waals surface area contributed by atoms with Crippen LogP contribution >= 0.6 is 11.6 Å². The van der Waals surface area contributed by atoms with Gasteiger partial charge in [0.15, 0.2) is 0 Å². The molecule has 0 heterocycles. The Morgan fingerprint density at radius 1 is 1.33 bits per heavy atom. The lowest BCUT2D eigenvalue weighted by Gasteiger charge is -2.18. The molecular weight excluding hydrogens is 252 g/mol. The second-order valence-electron chi connectivity index (χ2n) is 4.09. The summed E-state index contributed by atoms with van der Waals surface area (Å²) in [5.41, 5.74) is 2.24. The van der Waals surface area contributed by atoms with Gasteiger partial charge in [-0.05, 0) is 18.1 Å². The van der Waals surface area contributed by atoms with E-state index in [1.165, 1.54) is 0 Å². The van der Waals surface area contributed by atoms with Gasteiger partial charge < -0.3 is 10.2 Å². The van der Waals surface area contributed by atoms with E-state index < -0.39 is 0 Å². The number of rotatable bonds is 5. The van der Waals surface area contributed by atoms with Gasteiger partial charge in [-0.3, -0.25) is 9.59 Å². The zero-order valence-corrected chi connectivity index (χ0v) is 11.3. The van der Waals surface area contributed by atoms with E-state index in [-0.39, 0.29) is 24.2 Å². The lowest BCUT2D eigenvalue weighted by Crippen LogP contribution is -2.38. The molecule has 0 aliphatic rings. The number of carbonyl (C=O) groups is 2. The number of alkyl halides is 1. The van der Waals surface area contributed by atoms with Crippen LogP contribution in [-0.2, 0) is 16.1 Å². The Labute approximate surface area is 112 Å². The van der Waals surface area contributed by atoms with Crippen LogP contribution in [0.5, 0.6) is 0 Å². The molecule has 5 heteroatoms. The molecule has 1 aromatic rings. The van der Waals surface area contributed by atoms with Gasteiger partial charge in [-0.15, -0.1) is 11.6 Å². The van der Waals surface area contributed by atoms with Crippen molar-refractivity contribution in [1.82, 2.24) is 10.2 Å². The molecule has 0 fully saturated rings. The molecule has 1 aromatic carbocycles. The summed E-state index contributed by atoms with van der Waals surface area (Å²) in [4.78, 5) is 24.3. The summed E-state index contributed by atoms with van der Waals surface area (Å²) in [6, 6.07) is 7.89. The van der Waals surface area contributed by atoms with Crippen molar-refractivity contribution >= 4 is 23.4 Å². The Balaban J connectivity index is 2.50. The SMILES string of the molecule is Cc1ccccc1CN(C)C(=O)CNC(=O)CCl. The van der Waals surface area contributed by atoms with Crippen LogP contribution in [0, 0.1) is 6.92 Å². The summed E-state index contributed by atoms with van der Waals surface area (Å²) in [7, 11) is 1.71. The molecule has 2 amide bonds. The fraction of sp³-hybridized carbons (Fsp3) is 0.385. The highest BCUT2D eigenvalue weighted by atomic mass is 35.5. The van der Waals surface area contributed by atoms with Crippen molar-refractivity contribution in [1.29, 1.82) is 0 Å². The first-order valence-electron chi connectivity index (χ1n) is 5.65.